The van der Waals surface area contributed by atoms with Gasteiger partial charge in [-0.2, -0.15) is 0 Å². The van der Waals surface area contributed by atoms with Gasteiger partial charge in [-0.1, -0.05) is 0 Å². The van der Waals surface area contributed by atoms with Gasteiger partial charge in [0.25, 0.3) is 0 Å². The second kappa shape index (κ2) is 3.62. The molecule has 1 aliphatic rings. The Balaban J connectivity index is 2.26. The molecule has 1 heterocycles. The lowest BCUT2D eigenvalue weighted by Crippen LogP contribution is -2.25. The number of rotatable bonds is 4. The van der Waals surface area contributed by atoms with Gasteiger partial charge < -0.3 is 10.5 Å². The van der Waals surface area contributed by atoms with E-state index in [2.05, 4.69) is 4.98 Å². The monoisotopic (exact) mass is 206 g/mol. The first-order valence-electron chi connectivity index (χ1n) is 4.96. The number of Topliss-reactive ketones (excluding diaryl/α,β-unsaturated/α-hetero) is 1. The van der Waals surface area contributed by atoms with Crippen LogP contribution in [-0.4, -0.2) is 24.4 Å². The molecule has 1 aromatic heterocycles. The summed E-state index contributed by atoms with van der Waals surface area (Å²) in [4.78, 5) is 16.0. The topological polar surface area (TPSA) is 65.2 Å². The van der Waals surface area contributed by atoms with Crippen LogP contribution in [0.25, 0.3) is 0 Å². The van der Waals surface area contributed by atoms with Crippen LogP contribution in [0.5, 0.6) is 5.75 Å². The molecule has 0 bridgehead atoms. The summed E-state index contributed by atoms with van der Waals surface area (Å²) in [6, 6.07) is 1.71. The average molecular weight is 206 g/mol. The van der Waals surface area contributed by atoms with E-state index in [-0.39, 0.29) is 11.2 Å². The number of methoxy groups -OCH3 is 1. The Morgan fingerprint density at radius 3 is 2.87 bits per heavy atom. The predicted molar refractivity (Wildman–Crippen MR) is 55.8 cm³/mol. The van der Waals surface area contributed by atoms with Crippen molar-refractivity contribution in [3.8, 4) is 5.75 Å². The zero-order valence-electron chi connectivity index (χ0n) is 8.69. The van der Waals surface area contributed by atoms with Crippen molar-refractivity contribution in [3.05, 3.63) is 24.0 Å². The van der Waals surface area contributed by atoms with Crippen LogP contribution in [0.1, 0.15) is 23.2 Å². The van der Waals surface area contributed by atoms with E-state index >= 15 is 0 Å². The second-order valence-corrected chi connectivity index (χ2v) is 3.93. The molecule has 0 radical (unpaired) electrons. The third kappa shape index (κ3) is 1.72. The van der Waals surface area contributed by atoms with Crippen LogP contribution in [0.2, 0.25) is 0 Å². The summed E-state index contributed by atoms with van der Waals surface area (Å²) >= 11 is 0. The molecule has 80 valence electrons. The highest BCUT2D eigenvalue weighted by Gasteiger charge is 2.48. The average Bonchev–Trinajstić information content (AvgIpc) is 3.09. The number of hydrogen-bond donors (Lipinski definition) is 1. The maximum absolute atomic E-state index is 12.1. The molecular weight excluding hydrogens is 192 g/mol. The summed E-state index contributed by atoms with van der Waals surface area (Å²) in [7, 11) is 1.56. The molecule has 1 aliphatic carbocycles. The Morgan fingerprint density at radius 1 is 1.60 bits per heavy atom. The maximum Gasteiger partial charge on any atom is 0.171 e. The van der Waals surface area contributed by atoms with Crippen molar-refractivity contribution < 1.29 is 9.53 Å². The highest BCUT2D eigenvalue weighted by atomic mass is 16.5. The van der Waals surface area contributed by atoms with E-state index in [4.69, 9.17) is 10.5 Å². The molecule has 4 heteroatoms. The summed E-state index contributed by atoms with van der Waals surface area (Å²) < 4.78 is 5.03. The largest absolute Gasteiger partial charge is 0.495 e. The minimum atomic E-state index is -0.311. The lowest BCUT2D eigenvalue weighted by Gasteiger charge is -2.10. The summed E-state index contributed by atoms with van der Waals surface area (Å²) in [5.74, 6) is 0.699. The van der Waals surface area contributed by atoms with Gasteiger partial charge in [0, 0.05) is 23.7 Å². The zero-order chi connectivity index (χ0) is 10.9. The molecule has 1 fully saturated rings. The molecule has 0 unspecified atom stereocenters. The maximum atomic E-state index is 12.1. The number of nitrogens with zero attached hydrogens (tertiary/aromatic N) is 1. The van der Waals surface area contributed by atoms with Crippen molar-refractivity contribution in [1.29, 1.82) is 0 Å². The first kappa shape index (κ1) is 10.1. The Kier molecular flexibility index (Phi) is 2.44. The van der Waals surface area contributed by atoms with Gasteiger partial charge in [0.05, 0.1) is 13.3 Å². The third-order valence-electron chi connectivity index (χ3n) is 2.94. The molecule has 1 saturated carbocycles. The van der Waals surface area contributed by atoms with Gasteiger partial charge in [0.2, 0.25) is 0 Å². The van der Waals surface area contributed by atoms with E-state index in [9.17, 15) is 4.79 Å². The number of carbonyl (C=O) groups is 1. The SMILES string of the molecule is COc1cncc(C(=O)C2(CN)CC2)c1. The van der Waals surface area contributed by atoms with Gasteiger partial charge in [-0.25, -0.2) is 0 Å². The Labute approximate surface area is 88.4 Å². The Hall–Kier alpha value is -1.42. The molecule has 0 aromatic carbocycles. The molecular formula is C11H14N2O2. The molecule has 0 aliphatic heterocycles. The van der Waals surface area contributed by atoms with Gasteiger partial charge in [-0.3, -0.25) is 9.78 Å². The van der Waals surface area contributed by atoms with E-state index in [1.165, 1.54) is 0 Å². The van der Waals surface area contributed by atoms with Crippen molar-refractivity contribution in [2.24, 2.45) is 11.1 Å². The van der Waals surface area contributed by atoms with Crippen molar-refractivity contribution in [3.63, 3.8) is 0 Å². The number of pyridine rings is 1. The fourth-order valence-corrected chi connectivity index (χ4v) is 1.64. The number of hydrogen-bond acceptors (Lipinski definition) is 4. The smallest absolute Gasteiger partial charge is 0.171 e. The second-order valence-electron chi connectivity index (χ2n) is 3.93. The van der Waals surface area contributed by atoms with Crippen molar-refractivity contribution in [2.45, 2.75) is 12.8 Å². The van der Waals surface area contributed by atoms with Gasteiger partial charge in [0.15, 0.2) is 5.78 Å². The molecule has 0 saturated heterocycles. The highest BCUT2D eigenvalue weighted by Crippen LogP contribution is 2.47. The van der Waals surface area contributed by atoms with Crippen LogP contribution in [-0.2, 0) is 0 Å². The lowest BCUT2D eigenvalue weighted by atomic mass is 9.96. The minimum Gasteiger partial charge on any atom is -0.495 e. The van der Waals surface area contributed by atoms with Crippen molar-refractivity contribution >= 4 is 5.78 Å². The zero-order valence-corrected chi connectivity index (χ0v) is 8.69. The Morgan fingerprint density at radius 2 is 2.33 bits per heavy atom. The third-order valence-corrected chi connectivity index (χ3v) is 2.94. The van der Waals surface area contributed by atoms with Gasteiger partial charge in [0.1, 0.15) is 5.75 Å². The van der Waals surface area contributed by atoms with Crippen LogP contribution in [0.3, 0.4) is 0 Å². The fourth-order valence-electron chi connectivity index (χ4n) is 1.64. The number of carbonyl (C=O) groups excluding carboxylic acids is 1. The van der Waals surface area contributed by atoms with Crippen molar-refractivity contribution in [2.75, 3.05) is 13.7 Å². The lowest BCUT2D eigenvalue weighted by molar-refractivity contribution is 0.0905. The molecule has 2 N–H and O–H groups in total. The van der Waals surface area contributed by atoms with Crippen LogP contribution in [0, 0.1) is 5.41 Å². The first-order valence-corrected chi connectivity index (χ1v) is 4.96. The normalized spacial score (nSPS) is 17.2. The van der Waals surface area contributed by atoms with Gasteiger partial charge in [-0.05, 0) is 18.9 Å². The highest BCUT2D eigenvalue weighted by molar-refractivity contribution is 6.02. The molecule has 2 rings (SSSR count). The number of ether oxygens (including phenoxy) is 1. The predicted octanol–water partition coefficient (Wildman–Crippen LogP) is 1.01. The minimum absolute atomic E-state index is 0.0939. The van der Waals surface area contributed by atoms with Crippen LogP contribution in [0.15, 0.2) is 18.5 Å². The fraction of sp³-hybridized carbons (Fsp3) is 0.455. The van der Waals surface area contributed by atoms with E-state index in [1.807, 2.05) is 0 Å². The van der Waals surface area contributed by atoms with E-state index < -0.39 is 0 Å². The van der Waals surface area contributed by atoms with Crippen LogP contribution < -0.4 is 10.5 Å². The number of nitrogens with two attached hydrogens (primary N) is 1. The quantitative estimate of drug-likeness (QED) is 0.747. The summed E-state index contributed by atoms with van der Waals surface area (Å²) in [5.41, 5.74) is 5.89. The van der Waals surface area contributed by atoms with Crippen molar-refractivity contribution in [1.82, 2.24) is 4.98 Å². The molecule has 1 aromatic rings. The van der Waals surface area contributed by atoms with Crippen LogP contribution in [0.4, 0.5) is 0 Å². The Bertz CT molecular complexity index is 386. The number of aromatic nitrogens is 1. The molecule has 15 heavy (non-hydrogen) atoms. The molecule has 0 spiro atoms. The van der Waals surface area contributed by atoms with E-state index in [0.29, 0.717) is 17.9 Å². The standard InChI is InChI=1S/C11H14N2O2/c1-15-9-4-8(5-13-6-9)10(14)11(7-12)2-3-11/h4-6H,2-3,7,12H2,1H3. The summed E-state index contributed by atoms with van der Waals surface area (Å²) in [6.45, 7) is 0.420. The number of ketones is 1. The molecule has 0 amide bonds. The van der Waals surface area contributed by atoms with Crippen LogP contribution >= 0.6 is 0 Å². The summed E-state index contributed by atoms with van der Waals surface area (Å²) in [5, 5.41) is 0. The van der Waals surface area contributed by atoms with E-state index in [0.717, 1.165) is 12.8 Å². The van der Waals surface area contributed by atoms with E-state index in [1.54, 1.807) is 25.6 Å². The molecule has 0 atom stereocenters. The van der Waals surface area contributed by atoms with Gasteiger partial charge in [-0.15, -0.1) is 0 Å². The molecule has 4 nitrogen and oxygen atoms in total. The first-order chi connectivity index (χ1) is 7.22. The summed E-state index contributed by atoms with van der Waals surface area (Å²) in [6.07, 6.45) is 4.93. The van der Waals surface area contributed by atoms with Gasteiger partial charge >= 0.3 is 0 Å².